The average molecular weight is 1620 g/mol. The molecule has 103 heavy (non-hydrogen) atoms. The molecule has 6 N–H and O–H groups in total. The Morgan fingerprint density at radius 1 is 0.495 bits per heavy atom. The molecule has 7 aromatic rings. The number of ether oxygens (including phenoxy) is 3. The van der Waals surface area contributed by atoms with Gasteiger partial charge in [0.25, 0.3) is 0 Å². The minimum absolute atomic E-state index is 0.238. The number of nitrogens with one attached hydrogen (secondary N) is 2. The maximum atomic E-state index is 12.6. The van der Waals surface area contributed by atoms with Crippen LogP contribution < -0.4 is 31.1 Å². The zero-order chi connectivity index (χ0) is 75.8. The molecule has 558 valence electrons. The maximum Gasteiger partial charge on any atom is 0.490 e. The first-order chi connectivity index (χ1) is 48.6. The zero-order valence-corrected chi connectivity index (χ0v) is 64.6. The van der Waals surface area contributed by atoms with Crippen molar-refractivity contribution in [2.24, 2.45) is 0 Å². The van der Waals surface area contributed by atoms with Crippen LogP contribution in [-0.2, 0) is 25.4 Å². The van der Waals surface area contributed by atoms with Crippen molar-refractivity contribution in [3.05, 3.63) is 169 Å². The van der Waals surface area contributed by atoms with Crippen LogP contribution in [0.25, 0.3) is 0 Å². The molecule has 0 atom stereocenters. The number of carboxylic acid groups (broad SMARTS) is 2. The Bertz CT molecular complexity index is 3740. The number of nitrogen functional groups attached to an aromatic ring is 1. The molecule has 23 nitrogen and oxygen atoms in total. The largest absolute Gasteiger partial charge is 0.490 e. The normalized spacial score (nSPS) is 14.4. The van der Waals surface area contributed by atoms with E-state index in [1.165, 1.54) is 64.5 Å². The summed E-state index contributed by atoms with van der Waals surface area (Å²) < 4.78 is 49.8. The van der Waals surface area contributed by atoms with E-state index in [0.717, 1.165) is 93.5 Å². The van der Waals surface area contributed by atoms with E-state index in [9.17, 15) is 37.5 Å². The zero-order valence-electron chi connectivity index (χ0n) is 59.9. The number of pyridine rings is 7. The topological polar surface area (TPSA) is 304 Å². The Morgan fingerprint density at radius 3 is 1.24 bits per heavy atom. The second-order valence-electron chi connectivity index (χ2n) is 27.1. The van der Waals surface area contributed by atoms with Crippen molar-refractivity contribution in [3.8, 4) is 0 Å². The Balaban J connectivity index is 0.000000228. The molecule has 4 saturated heterocycles. The average Bonchev–Trinajstić information content (AvgIpc) is 0.845. The molecule has 0 saturated carbocycles. The second kappa shape index (κ2) is 42.4. The Labute approximate surface area is 626 Å². The molecule has 0 bridgehead atoms. The summed E-state index contributed by atoms with van der Waals surface area (Å²) in [5, 5.41) is 22.8. The van der Waals surface area contributed by atoms with Crippen LogP contribution in [-0.4, -0.2) is 150 Å². The van der Waals surface area contributed by atoms with Crippen LogP contribution in [0.4, 0.5) is 47.8 Å². The van der Waals surface area contributed by atoms with Gasteiger partial charge in [-0.1, -0.05) is 12.5 Å². The number of aromatic nitrogens is 7. The molecular weight excluding hydrogens is 1530 g/mol. The van der Waals surface area contributed by atoms with E-state index in [1.807, 2.05) is 111 Å². The maximum absolute atomic E-state index is 12.6. The van der Waals surface area contributed by atoms with Gasteiger partial charge < -0.3 is 55.5 Å². The summed E-state index contributed by atoms with van der Waals surface area (Å²) in [4.78, 5) is 93.2. The summed E-state index contributed by atoms with van der Waals surface area (Å²) >= 11 is 9.81. The van der Waals surface area contributed by atoms with Crippen molar-refractivity contribution >= 4 is 112 Å². The van der Waals surface area contributed by atoms with Crippen LogP contribution in [0.1, 0.15) is 192 Å². The van der Waals surface area contributed by atoms with Crippen molar-refractivity contribution in [2.45, 2.75) is 169 Å². The highest BCUT2D eigenvalue weighted by Gasteiger charge is 2.38. The van der Waals surface area contributed by atoms with Gasteiger partial charge in [-0.05, 0) is 278 Å². The number of anilines is 6. The number of alkyl halides is 3. The summed E-state index contributed by atoms with van der Waals surface area (Å²) in [6, 6.07) is 24.9. The van der Waals surface area contributed by atoms with Gasteiger partial charge in [-0.2, -0.15) is 13.2 Å². The van der Waals surface area contributed by atoms with Gasteiger partial charge in [0.1, 0.15) is 53.9 Å². The number of esters is 3. The first kappa shape index (κ1) is 85.2. The molecule has 4 fully saturated rings. The molecule has 0 aromatic carbocycles. The fourth-order valence-electron chi connectivity index (χ4n) is 10.0. The van der Waals surface area contributed by atoms with Crippen molar-refractivity contribution in [1.82, 2.24) is 40.2 Å². The molecule has 11 heterocycles. The minimum atomic E-state index is -5.08. The van der Waals surface area contributed by atoms with Crippen molar-refractivity contribution in [2.75, 3.05) is 78.1 Å². The first-order valence-corrected chi connectivity index (χ1v) is 36.4. The molecule has 0 amide bonds. The molecule has 0 radical (unpaired) electrons. The molecule has 7 aromatic heterocycles. The summed E-state index contributed by atoms with van der Waals surface area (Å²) in [5.74, 6) is -1.72. The van der Waals surface area contributed by atoms with Crippen LogP contribution in [0.15, 0.2) is 136 Å². The number of carbonyl (C=O) groups is 5. The van der Waals surface area contributed by atoms with Gasteiger partial charge in [0.15, 0.2) is 0 Å². The van der Waals surface area contributed by atoms with Crippen LogP contribution >= 0.6 is 47.8 Å². The fraction of sp³-hybridized carbons (Fsp3) is 0.459. The lowest BCUT2D eigenvalue weighted by Crippen LogP contribution is -2.31. The number of nitrogens with two attached hydrogens (primary N) is 1. The van der Waals surface area contributed by atoms with Crippen molar-refractivity contribution in [1.29, 1.82) is 0 Å². The van der Waals surface area contributed by atoms with Crippen molar-refractivity contribution in [3.63, 3.8) is 0 Å². The molecule has 29 heteroatoms. The van der Waals surface area contributed by atoms with Crippen LogP contribution in [0.2, 0.25) is 0 Å². The van der Waals surface area contributed by atoms with E-state index in [-0.39, 0.29) is 23.5 Å². The second-order valence-corrected chi connectivity index (χ2v) is 29.5. The number of carboxylic acids is 2. The van der Waals surface area contributed by atoms with Gasteiger partial charge in [-0.25, -0.2) is 43.9 Å². The summed E-state index contributed by atoms with van der Waals surface area (Å²) in [5.41, 5.74) is 9.05. The minimum Gasteiger partial charge on any atom is -0.478 e. The molecule has 0 spiro atoms. The molecule has 0 aliphatic carbocycles. The van der Waals surface area contributed by atoms with E-state index < -0.39 is 34.9 Å². The highest BCUT2D eigenvalue weighted by Crippen LogP contribution is 2.28. The van der Waals surface area contributed by atoms with E-state index in [4.69, 9.17) is 34.8 Å². The van der Waals surface area contributed by atoms with E-state index in [1.54, 1.807) is 73.4 Å². The molecule has 4 aliphatic rings. The quantitative estimate of drug-likeness (QED) is 0.0456. The monoisotopic (exact) mass is 1620 g/mol. The van der Waals surface area contributed by atoms with Gasteiger partial charge in [0.2, 0.25) is 0 Å². The third kappa shape index (κ3) is 34.6. The third-order valence-corrected chi connectivity index (χ3v) is 15.8. The van der Waals surface area contributed by atoms with E-state index in [2.05, 4.69) is 103 Å². The number of hydrogen-bond acceptors (Lipinski definition) is 21. The number of aromatic carboxylic acids is 1. The number of nitrogens with zero attached hydrogens (tertiary/aromatic N) is 10. The number of carbonyl (C=O) groups excluding carboxylic acids is 3. The lowest BCUT2D eigenvalue weighted by Gasteiger charge is -2.28. The van der Waals surface area contributed by atoms with Gasteiger partial charge in [0.05, 0.1) is 39.8 Å². The van der Waals surface area contributed by atoms with Gasteiger partial charge in [0, 0.05) is 82.4 Å². The number of piperidine rings is 4. The predicted octanol–water partition coefficient (Wildman–Crippen LogP) is 16.3. The highest BCUT2D eigenvalue weighted by atomic mass is 79.9. The van der Waals surface area contributed by atoms with Crippen LogP contribution in [0.3, 0.4) is 0 Å². The number of aliphatic carboxylic acids is 1. The smallest absolute Gasteiger partial charge is 0.478 e. The van der Waals surface area contributed by atoms with Gasteiger partial charge in [-0.15, -0.1) is 0 Å². The third-order valence-electron chi connectivity index (χ3n) is 14.6. The van der Waals surface area contributed by atoms with E-state index >= 15 is 0 Å². The first-order valence-electron chi connectivity index (χ1n) is 34.0. The van der Waals surface area contributed by atoms with Gasteiger partial charge >= 0.3 is 36.0 Å². The number of halogens is 6. The molecule has 0 unspecified atom stereocenters. The number of hydrogen-bond donors (Lipinski definition) is 5. The lowest BCUT2D eigenvalue weighted by atomic mass is 10.1. The standard InChI is InChI=1S/C21H27N3O2.C16H18N4O2.C15H21BrN2O2.C10H11Br2NO2.C5H6N2.C5H11N.C2HF3O2/c1-21(2,3)26-20(25)17-13-18(12-16-8-7-9-22-15-16)23-19(14-17)24-10-5-4-6-11-24;21-16(22)12-9-14(18-13-5-4-6-17-11-13)19-15(10-12)20-7-2-1-3-8-20;1-15(2,3)20-14(19)11-9-12(16)17-13(10-11)18-7-5-4-6-8-18;1-10(2,3)15-9(14)6-4-7(11)13-8(12)5-6;6-5-2-1-3-7-4-5;1-2-4-6-5-3-1;3-2(4,5)1(6)7/h7-9,13-15H,4-6,10-12H2,1-3H3;4-6,9-11H,1-3,7-8H2,(H,18,19)(H,21,22);9-10H,4-8H2,1-3H3;4-5H,1-3H3;1-4H,6H2;6H,1-5H2;(H,6,7). The molecule has 11 rings (SSSR count). The number of rotatable bonds is 11. The van der Waals surface area contributed by atoms with Crippen LogP contribution in [0, 0.1) is 0 Å². The summed E-state index contributed by atoms with van der Waals surface area (Å²) in [6.07, 6.45) is 20.7. The van der Waals surface area contributed by atoms with Crippen LogP contribution in [0.5, 0.6) is 0 Å². The Hall–Kier alpha value is -8.41. The SMILES string of the molecule is C1CCNCC1.CC(C)(C)OC(=O)c1cc(Br)nc(Br)c1.CC(C)(C)OC(=O)c1cc(Br)nc(N2CCCCC2)c1.CC(C)(C)OC(=O)c1cc(Cc2cccnc2)nc(N2CCCCC2)c1.Nc1cccnc1.O=C(O)C(F)(F)F.O=C(O)c1cc(Nc2cccnc2)nc(N2CCCCC2)c1. The van der Waals surface area contributed by atoms with Gasteiger partial charge in [-0.3, -0.25) is 15.0 Å². The Morgan fingerprint density at radius 2 is 0.883 bits per heavy atom. The summed E-state index contributed by atoms with van der Waals surface area (Å²) in [7, 11) is 0. The molecule has 4 aliphatic heterocycles. The molecular formula is C74H95Br3F3N13O10. The predicted molar refractivity (Wildman–Crippen MR) is 404 cm³/mol. The highest BCUT2D eigenvalue weighted by molar-refractivity contribution is 9.11. The lowest BCUT2D eigenvalue weighted by molar-refractivity contribution is -0.192. The van der Waals surface area contributed by atoms with Crippen molar-refractivity contribution < 1.29 is 61.6 Å². The van der Waals surface area contributed by atoms with E-state index in [0.29, 0.717) is 54.2 Å². The Kier molecular flexibility index (Phi) is 35.1. The summed E-state index contributed by atoms with van der Waals surface area (Å²) in [6.45, 7) is 25.0. The fourth-order valence-corrected chi connectivity index (χ4v) is 11.5.